The maximum absolute atomic E-state index is 2.53. The van der Waals surface area contributed by atoms with Crippen molar-refractivity contribution >= 4 is 34.1 Å². The fourth-order valence-corrected chi connectivity index (χ4v) is 14.2. The standard InChI is InChI=1S/C77H56N2/c1-75(2)67-33-17-15-31-63(67)65-49-47-61(51-73(65)75)79(60-45-43-59(44-46-60)78(57-29-13-6-14-30-57)58-41-39-54(40-42-58)53-23-7-3-8-24-53)62-48-50-66-64-32-16-18-34-68(64)77(74(66)52-62)71-37-21-19-35-69(71)76(55-25-9-4-10-26-55,56-27-11-5-12-28-56)70-36-20-22-38-72(70)77/h3-52H,1-2H3. The first-order valence-electron chi connectivity index (χ1n) is 27.7. The molecule has 0 N–H and O–H groups in total. The van der Waals surface area contributed by atoms with Crippen LogP contribution < -0.4 is 9.80 Å². The predicted molar refractivity (Wildman–Crippen MR) is 328 cm³/mol. The lowest BCUT2D eigenvalue weighted by Gasteiger charge is -2.50. The van der Waals surface area contributed by atoms with Crippen molar-refractivity contribution < 1.29 is 0 Å². The summed E-state index contributed by atoms with van der Waals surface area (Å²) in [6, 6.07) is 113. The zero-order valence-electron chi connectivity index (χ0n) is 44.3. The van der Waals surface area contributed by atoms with E-state index in [1.165, 1.54) is 89.0 Å². The molecule has 3 aliphatic rings. The Morgan fingerprint density at radius 1 is 0.215 bits per heavy atom. The van der Waals surface area contributed by atoms with Gasteiger partial charge in [0.25, 0.3) is 0 Å². The molecule has 0 atom stereocenters. The van der Waals surface area contributed by atoms with E-state index in [9.17, 15) is 0 Å². The van der Waals surface area contributed by atoms with E-state index in [2.05, 4.69) is 327 Å². The molecule has 374 valence electrons. The molecule has 0 radical (unpaired) electrons. The van der Waals surface area contributed by atoms with Crippen molar-refractivity contribution in [1.82, 2.24) is 0 Å². The molecule has 15 rings (SSSR count). The van der Waals surface area contributed by atoms with Crippen LogP contribution in [0.5, 0.6) is 0 Å². The summed E-state index contributed by atoms with van der Waals surface area (Å²) in [5.74, 6) is 0. The zero-order chi connectivity index (χ0) is 52.7. The molecule has 3 aliphatic carbocycles. The molecule has 1 spiro atoms. The second-order valence-electron chi connectivity index (χ2n) is 21.9. The SMILES string of the molecule is CC1(C)c2ccccc2-c2ccc(N(c3ccc(N(c4ccccc4)c4ccc(-c5ccccc5)cc4)cc3)c3ccc4c(c3)C3(c5ccccc5-4)c4ccccc4C(c4ccccc4)(c4ccccc4)c4ccccc43)cc21. The Labute approximate surface area is 463 Å². The summed E-state index contributed by atoms with van der Waals surface area (Å²) in [7, 11) is 0. The normalized spacial score (nSPS) is 14.3. The molecule has 12 aromatic rings. The number of rotatable bonds is 9. The van der Waals surface area contributed by atoms with Gasteiger partial charge >= 0.3 is 0 Å². The van der Waals surface area contributed by atoms with Crippen LogP contribution in [0.15, 0.2) is 303 Å². The van der Waals surface area contributed by atoms with Gasteiger partial charge in [-0.3, -0.25) is 0 Å². The molecule has 0 bridgehead atoms. The van der Waals surface area contributed by atoms with Gasteiger partial charge in [-0.25, -0.2) is 0 Å². The highest BCUT2D eigenvalue weighted by molar-refractivity contribution is 5.93. The van der Waals surface area contributed by atoms with E-state index in [-0.39, 0.29) is 5.41 Å². The lowest BCUT2D eigenvalue weighted by molar-refractivity contribution is 0.623. The van der Waals surface area contributed by atoms with Gasteiger partial charge in [0.05, 0.1) is 10.8 Å². The van der Waals surface area contributed by atoms with E-state index in [4.69, 9.17) is 0 Å². The van der Waals surface area contributed by atoms with Gasteiger partial charge < -0.3 is 9.80 Å². The summed E-state index contributed by atoms with van der Waals surface area (Å²) in [6.45, 7) is 4.76. The van der Waals surface area contributed by atoms with E-state index in [0.717, 1.165) is 34.1 Å². The summed E-state index contributed by atoms with van der Waals surface area (Å²) in [4.78, 5) is 4.86. The Bertz CT molecular complexity index is 4170. The van der Waals surface area contributed by atoms with Gasteiger partial charge in [-0.15, -0.1) is 0 Å². The van der Waals surface area contributed by atoms with Crippen LogP contribution in [0.3, 0.4) is 0 Å². The number of hydrogen-bond donors (Lipinski definition) is 0. The smallest absolute Gasteiger partial charge is 0.0720 e. The Hall–Kier alpha value is -9.76. The van der Waals surface area contributed by atoms with Crippen LogP contribution in [0, 0.1) is 0 Å². The number of fused-ring (bicyclic) bond motifs is 12. The maximum Gasteiger partial charge on any atom is 0.0720 e. The minimum Gasteiger partial charge on any atom is -0.311 e. The number of anilines is 6. The third-order valence-corrected chi connectivity index (χ3v) is 17.6. The number of para-hydroxylation sites is 1. The highest BCUT2D eigenvalue weighted by atomic mass is 15.2. The molecule has 0 fully saturated rings. The number of benzene rings is 12. The van der Waals surface area contributed by atoms with Gasteiger partial charge in [0.15, 0.2) is 0 Å². The Kier molecular flexibility index (Phi) is 10.7. The summed E-state index contributed by atoms with van der Waals surface area (Å²) >= 11 is 0. The van der Waals surface area contributed by atoms with Crippen molar-refractivity contribution in [2.45, 2.75) is 30.1 Å². The second-order valence-corrected chi connectivity index (χ2v) is 21.9. The third kappa shape index (κ3) is 6.90. The molecule has 12 aromatic carbocycles. The monoisotopic (exact) mass is 1010 g/mol. The third-order valence-electron chi connectivity index (χ3n) is 17.6. The van der Waals surface area contributed by atoms with Crippen molar-refractivity contribution in [1.29, 1.82) is 0 Å². The van der Waals surface area contributed by atoms with Crippen LogP contribution >= 0.6 is 0 Å². The molecule has 0 amide bonds. The van der Waals surface area contributed by atoms with Crippen molar-refractivity contribution in [3.63, 3.8) is 0 Å². The molecular weight excluding hydrogens is 953 g/mol. The fourth-order valence-electron chi connectivity index (χ4n) is 14.2. The van der Waals surface area contributed by atoms with E-state index in [1.54, 1.807) is 0 Å². The van der Waals surface area contributed by atoms with Crippen LogP contribution in [0.2, 0.25) is 0 Å². The predicted octanol–water partition coefficient (Wildman–Crippen LogP) is 19.7. The topological polar surface area (TPSA) is 6.48 Å². The zero-order valence-corrected chi connectivity index (χ0v) is 44.3. The van der Waals surface area contributed by atoms with Crippen molar-refractivity contribution in [2.24, 2.45) is 0 Å². The van der Waals surface area contributed by atoms with E-state index in [0.29, 0.717) is 0 Å². The van der Waals surface area contributed by atoms with E-state index < -0.39 is 10.8 Å². The average molecular weight is 1010 g/mol. The Morgan fingerprint density at radius 2 is 0.532 bits per heavy atom. The first-order chi connectivity index (χ1) is 39.0. The van der Waals surface area contributed by atoms with Gasteiger partial charge in [-0.05, 0) is 162 Å². The molecule has 79 heavy (non-hydrogen) atoms. The van der Waals surface area contributed by atoms with E-state index >= 15 is 0 Å². The molecule has 0 saturated carbocycles. The van der Waals surface area contributed by atoms with Crippen LogP contribution in [-0.4, -0.2) is 0 Å². The minimum atomic E-state index is -0.647. The van der Waals surface area contributed by atoms with Crippen LogP contribution in [0.4, 0.5) is 34.1 Å². The summed E-state index contributed by atoms with van der Waals surface area (Å²) in [5, 5.41) is 0. The Balaban J connectivity index is 0.947. The first-order valence-corrected chi connectivity index (χ1v) is 27.7. The largest absolute Gasteiger partial charge is 0.311 e. The molecule has 2 heteroatoms. The number of nitrogens with zero attached hydrogens (tertiary/aromatic N) is 2. The van der Waals surface area contributed by atoms with Crippen molar-refractivity contribution in [2.75, 3.05) is 9.80 Å². The Morgan fingerprint density at radius 3 is 1.05 bits per heavy atom. The highest BCUT2D eigenvalue weighted by Gasteiger charge is 2.56. The minimum absolute atomic E-state index is 0.188. The fraction of sp³-hybridized carbons (Fsp3) is 0.0649. The van der Waals surface area contributed by atoms with Crippen LogP contribution in [0.25, 0.3) is 33.4 Å². The van der Waals surface area contributed by atoms with Gasteiger partial charge in [0.2, 0.25) is 0 Å². The molecule has 0 unspecified atom stereocenters. The molecule has 2 nitrogen and oxygen atoms in total. The van der Waals surface area contributed by atoms with Crippen molar-refractivity contribution in [3.05, 3.63) is 359 Å². The maximum atomic E-state index is 2.53. The highest BCUT2D eigenvalue weighted by Crippen LogP contribution is 2.65. The summed E-state index contributed by atoms with van der Waals surface area (Å²) in [5.41, 5.74) is 25.7. The summed E-state index contributed by atoms with van der Waals surface area (Å²) in [6.07, 6.45) is 0. The second kappa shape index (κ2) is 18.2. The molecule has 0 saturated heterocycles. The molecule has 0 aliphatic heterocycles. The quantitative estimate of drug-likeness (QED) is 0.142. The number of hydrogen-bond acceptors (Lipinski definition) is 2. The molecule has 0 aromatic heterocycles. The lowest BCUT2D eigenvalue weighted by Crippen LogP contribution is -2.44. The summed E-state index contributed by atoms with van der Waals surface area (Å²) < 4.78 is 0. The van der Waals surface area contributed by atoms with Gasteiger partial charge in [0.1, 0.15) is 0 Å². The average Bonchev–Trinajstić information content (AvgIpc) is 4.20. The van der Waals surface area contributed by atoms with Gasteiger partial charge in [-0.1, -0.05) is 244 Å². The van der Waals surface area contributed by atoms with Gasteiger partial charge in [0, 0.05) is 39.5 Å². The van der Waals surface area contributed by atoms with Gasteiger partial charge in [-0.2, -0.15) is 0 Å². The van der Waals surface area contributed by atoms with E-state index in [1.807, 2.05) is 0 Å². The first kappa shape index (κ1) is 46.5. The molecular formula is C77H56N2. The van der Waals surface area contributed by atoms with Crippen molar-refractivity contribution in [3.8, 4) is 33.4 Å². The van der Waals surface area contributed by atoms with Crippen LogP contribution in [-0.2, 0) is 16.2 Å². The van der Waals surface area contributed by atoms with Crippen LogP contribution in [0.1, 0.15) is 69.5 Å². The lowest BCUT2D eigenvalue weighted by atomic mass is 9.51. The molecule has 0 heterocycles.